The molecule has 0 aromatic heterocycles. The summed E-state index contributed by atoms with van der Waals surface area (Å²) in [6.07, 6.45) is -8.34. The van der Waals surface area contributed by atoms with Gasteiger partial charge in [-0.15, -0.1) is 0 Å². The van der Waals surface area contributed by atoms with Gasteiger partial charge in [-0.05, 0) is 49.4 Å². The van der Waals surface area contributed by atoms with Gasteiger partial charge in [-0.25, -0.2) is 14.4 Å². The number of aliphatic hydroxyl groups is 3. The van der Waals surface area contributed by atoms with E-state index in [1.807, 2.05) is 0 Å². The number of ether oxygens (including phenoxy) is 5. The topological polar surface area (TPSA) is 421 Å². The van der Waals surface area contributed by atoms with E-state index in [2.05, 4.69) is 0 Å². The third kappa shape index (κ3) is 9.16. The molecule has 0 aliphatic carbocycles. The predicted octanol–water partition coefficient (Wildman–Crippen LogP) is 4.31. The Bertz CT molecular complexity index is 2960. The number of hydrogen-bond acceptors (Lipinski definition) is 24. The van der Waals surface area contributed by atoms with Crippen molar-refractivity contribution in [2.45, 2.75) is 50.3 Å². The molecule has 0 bridgehead atoms. The molecule has 0 radical (unpaired) electrons. The largest absolute Gasteiger partial charge is 0.509 e. The minimum absolute atomic E-state index is 0.0674. The Morgan fingerprint density at radius 3 is 1.67 bits per heavy atom. The van der Waals surface area contributed by atoms with Gasteiger partial charge in [0.05, 0.1) is 22.6 Å². The first kappa shape index (κ1) is 47.4. The van der Waals surface area contributed by atoms with Crippen molar-refractivity contribution in [2.24, 2.45) is 0 Å². The van der Waals surface area contributed by atoms with E-state index >= 15 is 0 Å². The molecule has 16 N–H and O–H groups in total. The second-order valence-corrected chi connectivity index (χ2v) is 15.5. The normalized spacial score (nSPS) is 18.2. The van der Waals surface area contributed by atoms with Crippen molar-refractivity contribution in [3.05, 3.63) is 111 Å². The second-order valence-electron chi connectivity index (χ2n) is 15.5. The highest BCUT2D eigenvalue weighted by molar-refractivity contribution is 5.95. The van der Waals surface area contributed by atoms with Crippen molar-refractivity contribution in [1.82, 2.24) is 0 Å². The summed E-state index contributed by atoms with van der Waals surface area (Å²) >= 11 is 0. The van der Waals surface area contributed by atoms with E-state index < -0.39 is 181 Å². The highest BCUT2D eigenvalue weighted by Gasteiger charge is 2.45. The zero-order chi connectivity index (χ0) is 50.5. The average Bonchev–Trinajstić information content (AvgIpc) is 3.27. The minimum Gasteiger partial charge on any atom is -0.509 e. The molecule has 2 aliphatic heterocycles. The number of aromatic hydroxyl groups is 13. The van der Waals surface area contributed by atoms with Gasteiger partial charge in [0.15, 0.2) is 75.1 Å². The number of fused-ring (bicyclic) bond motifs is 2. The van der Waals surface area contributed by atoms with Crippen LogP contribution < -0.4 is 9.47 Å². The lowest BCUT2D eigenvalue weighted by Gasteiger charge is -2.38. The van der Waals surface area contributed by atoms with Crippen LogP contribution in [-0.4, -0.2) is 124 Å². The van der Waals surface area contributed by atoms with Crippen molar-refractivity contribution in [3.8, 4) is 86.2 Å². The summed E-state index contributed by atoms with van der Waals surface area (Å²) < 4.78 is 28.7. The quantitative estimate of drug-likeness (QED) is 0.0305. The van der Waals surface area contributed by atoms with Crippen LogP contribution in [0.4, 0.5) is 0 Å². The number of hydrogen-bond donors (Lipinski definition) is 16. The third-order valence-corrected chi connectivity index (χ3v) is 10.8. The van der Waals surface area contributed by atoms with Crippen LogP contribution in [0.25, 0.3) is 0 Å². The third-order valence-electron chi connectivity index (χ3n) is 10.8. The molecule has 5 atom stereocenters. The molecular weight excluding hydrogens is 924 g/mol. The minimum atomic E-state index is -2.10. The number of carbonyl (C=O) groups excluding carboxylic acids is 3. The molecule has 0 fully saturated rings. The van der Waals surface area contributed by atoms with Crippen molar-refractivity contribution >= 4 is 17.9 Å². The maximum absolute atomic E-state index is 14.6. The lowest BCUT2D eigenvalue weighted by molar-refractivity contribution is -0.127. The van der Waals surface area contributed by atoms with Gasteiger partial charge in [0, 0.05) is 47.7 Å². The second kappa shape index (κ2) is 18.0. The van der Waals surface area contributed by atoms with Crippen LogP contribution >= 0.6 is 0 Å². The molecule has 5 unspecified atom stereocenters. The lowest BCUT2D eigenvalue weighted by atomic mass is 9.82. The van der Waals surface area contributed by atoms with Crippen LogP contribution in [0.15, 0.2) is 78.0 Å². The van der Waals surface area contributed by atoms with Crippen LogP contribution in [0.1, 0.15) is 60.6 Å². The van der Waals surface area contributed by atoms with Gasteiger partial charge >= 0.3 is 17.9 Å². The van der Waals surface area contributed by atoms with Gasteiger partial charge in [-0.1, -0.05) is 0 Å². The monoisotopic (exact) mass is 962 g/mol. The van der Waals surface area contributed by atoms with E-state index in [1.165, 1.54) is 0 Å². The first-order valence-electron chi connectivity index (χ1n) is 19.8. The SMILES string of the molecule is C/C(O)=C(O)\C(O)=C/C(c1c(C(=O)OC2Cc3cc(O)cc(O)c3OC2OC(=O)c2cc(O)c(O)c(O)c2)cc(O)c(O)c1O)C1Oc2cc(O)cc(O)c2CC1OC(=O)c1cc(O)c(O)c(O)c1. The first-order valence-corrected chi connectivity index (χ1v) is 19.8. The van der Waals surface area contributed by atoms with Crippen molar-refractivity contribution < 1.29 is 120 Å². The summed E-state index contributed by atoms with van der Waals surface area (Å²) in [7, 11) is 0. The van der Waals surface area contributed by atoms with Crippen molar-refractivity contribution in [3.63, 3.8) is 0 Å². The van der Waals surface area contributed by atoms with Gasteiger partial charge in [0.1, 0.15) is 41.0 Å². The molecule has 5 aromatic rings. The molecular formula is C45H38O24. The first-order chi connectivity index (χ1) is 32.4. The number of carbonyl (C=O) groups is 3. The molecule has 0 amide bonds. The molecule has 0 saturated carbocycles. The fourth-order valence-electron chi connectivity index (χ4n) is 7.49. The number of phenolic OH excluding ortho intramolecular Hbond substituents is 13. The molecule has 24 heteroatoms. The predicted molar refractivity (Wildman–Crippen MR) is 225 cm³/mol. The Kier molecular flexibility index (Phi) is 12.3. The zero-order valence-corrected chi connectivity index (χ0v) is 35.0. The summed E-state index contributed by atoms with van der Waals surface area (Å²) in [6, 6.07) is 7.03. The maximum atomic E-state index is 14.6. The van der Waals surface area contributed by atoms with Gasteiger partial charge in [0.2, 0.25) is 5.75 Å². The molecule has 5 aromatic carbocycles. The van der Waals surface area contributed by atoms with E-state index in [4.69, 9.17) is 23.7 Å². The number of esters is 3. The Balaban J connectivity index is 1.37. The maximum Gasteiger partial charge on any atom is 0.341 e. The van der Waals surface area contributed by atoms with Gasteiger partial charge in [-0.2, -0.15) is 0 Å². The Labute approximate surface area is 385 Å². The zero-order valence-electron chi connectivity index (χ0n) is 35.0. The summed E-state index contributed by atoms with van der Waals surface area (Å²) in [5, 5.41) is 167. The van der Waals surface area contributed by atoms with Gasteiger partial charge in [-0.3, -0.25) is 0 Å². The summed E-state index contributed by atoms with van der Waals surface area (Å²) in [6.45, 7) is 0.924. The Morgan fingerprint density at radius 2 is 1.09 bits per heavy atom. The number of benzene rings is 5. The van der Waals surface area contributed by atoms with E-state index in [0.717, 1.165) is 31.2 Å². The number of phenols is 13. The van der Waals surface area contributed by atoms with E-state index in [1.54, 1.807) is 0 Å². The summed E-state index contributed by atoms with van der Waals surface area (Å²) in [4.78, 5) is 41.7. The molecule has 2 heterocycles. The van der Waals surface area contributed by atoms with E-state index in [-0.39, 0.29) is 16.9 Å². The average molecular weight is 963 g/mol. The van der Waals surface area contributed by atoms with E-state index in [0.29, 0.717) is 36.4 Å². The van der Waals surface area contributed by atoms with Crippen LogP contribution in [0.3, 0.4) is 0 Å². The highest BCUT2D eigenvalue weighted by atomic mass is 16.7. The molecule has 2 aliphatic rings. The molecule has 7 rings (SSSR count). The fraction of sp³-hybridized carbons (Fsp3) is 0.178. The smallest absolute Gasteiger partial charge is 0.341 e. The number of aliphatic hydroxyl groups excluding tert-OH is 3. The molecule has 24 nitrogen and oxygen atoms in total. The van der Waals surface area contributed by atoms with Crippen LogP contribution in [0.5, 0.6) is 86.2 Å². The molecule has 69 heavy (non-hydrogen) atoms. The lowest BCUT2D eigenvalue weighted by Crippen LogP contribution is -2.45. The highest BCUT2D eigenvalue weighted by Crippen LogP contribution is 2.50. The van der Waals surface area contributed by atoms with Gasteiger partial charge in [0.25, 0.3) is 6.29 Å². The number of allylic oxidation sites excluding steroid dienone is 1. The molecule has 0 saturated heterocycles. The Hall–Kier alpha value is -9.61. The molecule has 362 valence electrons. The molecule has 0 spiro atoms. The van der Waals surface area contributed by atoms with Crippen LogP contribution in [0.2, 0.25) is 0 Å². The fourth-order valence-corrected chi connectivity index (χ4v) is 7.49. The number of rotatable bonds is 10. The van der Waals surface area contributed by atoms with Crippen molar-refractivity contribution in [2.75, 3.05) is 0 Å². The van der Waals surface area contributed by atoms with Gasteiger partial charge < -0.3 is 105 Å². The van der Waals surface area contributed by atoms with Crippen LogP contribution in [0, 0.1) is 0 Å². The summed E-state index contributed by atoms with van der Waals surface area (Å²) in [5.41, 5.74) is -3.28. The summed E-state index contributed by atoms with van der Waals surface area (Å²) in [5.74, 6) is -22.9. The standard InChI is InChI=1S/C45H38O24/c1-14(46)35(57)28(54)11-21(41-32(13-20-23(49)8-19(48)10-31(20)65-41)66-42(62)16-3-24(50)36(58)25(51)4-16)34-22(12-29(55)38(60)39(34)61)44(64)67-33-7-15-2-18(47)9-30(56)40(15)68-45(33)69-43(63)17-5-26(52)37(59)27(53)6-17/h2-6,8-12,21,32-33,41,45-61H,7,13H2,1H3/b28-11+,35-14-. The van der Waals surface area contributed by atoms with Crippen LogP contribution in [-0.2, 0) is 27.1 Å². The Morgan fingerprint density at radius 1 is 0.565 bits per heavy atom. The van der Waals surface area contributed by atoms with Crippen molar-refractivity contribution in [1.29, 1.82) is 0 Å². The van der Waals surface area contributed by atoms with E-state index in [9.17, 15) is 96.1 Å².